The predicted octanol–water partition coefficient (Wildman–Crippen LogP) is 1.21. The van der Waals surface area contributed by atoms with Crippen LogP contribution in [0.15, 0.2) is 24.3 Å². The van der Waals surface area contributed by atoms with Crippen LogP contribution in [0.3, 0.4) is 0 Å². The molecule has 0 heterocycles. The molecule has 1 aromatic rings. The second-order valence-corrected chi connectivity index (χ2v) is 2.52. The number of aromatic hydroxyl groups is 1. The zero-order chi connectivity index (χ0) is 9.68. The molecule has 0 aliphatic rings. The molecule has 0 unspecified atom stereocenters. The summed E-state index contributed by atoms with van der Waals surface area (Å²) in [5.41, 5.74) is 1.02. The minimum atomic E-state index is -0.0443. The Morgan fingerprint density at radius 2 is 2.15 bits per heavy atom. The normalized spacial score (nSPS) is 10.5. The number of benzene rings is 1. The highest BCUT2D eigenvalue weighted by Gasteiger charge is 1.98. The van der Waals surface area contributed by atoms with Crippen LogP contribution in [0, 0.1) is 0 Å². The minimum absolute atomic E-state index is 0.0313. The van der Waals surface area contributed by atoms with E-state index in [1.54, 1.807) is 24.3 Å². The molecule has 1 aromatic carbocycles. The molecule has 0 saturated carbocycles. The summed E-state index contributed by atoms with van der Waals surface area (Å²) in [4.78, 5) is 10.4. The molecule has 0 radical (unpaired) electrons. The lowest BCUT2D eigenvalue weighted by Crippen LogP contribution is -1.82. The molecule has 0 aromatic heterocycles. The van der Waals surface area contributed by atoms with Gasteiger partial charge in [0.15, 0.2) is 6.29 Å². The van der Waals surface area contributed by atoms with Crippen molar-refractivity contribution in [3.63, 3.8) is 0 Å². The summed E-state index contributed by atoms with van der Waals surface area (Å²) in [5, 5.41) is 17.7. The van der Waals surface area contributed by atoms with Crippen molar-refractivity contribution in [1.82, 2.24) is 0 Å². The molecule has 0 bridgehead atoms. The lowest BCUT2D eigenvalue weighted by molar-refractivity contribution is 0.112. The molecule has 2 N–H and O–H groups in total. The van der Waals surface area contributed by atoms with E-state index in [4.69, 9.17) is 10.2 Å². The number of carbonyl (C=O) groups excluding carboxylic acids is 1. The molecule has 0 atom stereocenters. The molecular weight excluding hydrogens is 168 g/mol. The Hall–Kier alpha value is -1.61. The number of aliphatic hydroxyl groups excluding tert-OH is 1. The maximum atomic E-state index is 10.4. The molecule has 0 saturated heterocycles. The molecule has 0 spiro atoms. The Morgan fingerprint density at radius 1 is 1.38 bits per heavy atom. The first kappa shape index (κ1) is 9.48. The third-order valence-electron chi connectivity index (χ3n) is 1.59. The van der Waals surface area contributed by atoms with Crippen LogP contribution in [-0.2, 0) is 0 Å². The molecule has 0 aliphatic carbocycles. The summed E-state index contributed by atoms with van der Waals surface area (Å²) in [5.74, 6) is -0.0313. The first-order valence-electron chi connectivity index (χ1n) is 3.83. The number of hydrogen-bond donors (Lipinski definition) is 2. The highest BCUT2D eigenvalue weighted by molar-refractivity contribution is 5.80. The van der Waals surface area contributed by atoms with Gasteiger partial charge < -0.3 is 10.2 Å². The van der Waals surface area contributed by atoms with E-state index in [2.05, 4.69) is 0 Å². The van der Waals surface area contributed by atoms with Gasteiger partial charge in [0.05, 0.1) is 12.2 Å². The highest BCUT2D eigenvalue weighted by atomic mass is 16.3. The zero-order valence-corrected chi connectivity index (χ0v) is 6.97. The summed E-state index contributed by atoms with van der Waals surface area (Å²) >= 11 is 0. The van der Waals surface area contributed by atoms with Gasteiger partial charge in [0.2, 0.25) is 0 Å². The summed E-state index contributed by atoms with van der Waals surface area (Å²) in [6.45, 7) is -0.0443. The van der Waals surface area contributed by atoms with E-state index in [0.29, 0.717) is 6.29 Å². The van der Waals surface area contributed by atoms with E-state index in [-0.39, 0.29) is 17.9 Å². The molecule has 0 fully saturated rings. The Balaban J connectivity index is 2.99. The molecule has 1 rings (SSSR count). The first-order chi connectivity index (χ1) is 6.27. The van der Waals surface area contributed by atoms with E-state index in [1.165, 1.54) is 6.07 Å². The molecular formula is C10H10O3. The number of hydrogen-bond acceptors (Lipinski definition) is 3. The van der Waals surface area contributed by atoms with Crippen molar-refractivity contribution in [2.75, 3.05) is 6.61 Å². The third kappa shape index (κ3) is 2.42. The van der Waals surface area contributed by atoms with E-state index in [0.717, 1.165) is 5.56 Å². The van der Waals surface area contributed by atoms with E-state index >= 15 is 0 Å². The second-order valence-electron chi connectivity index (χ2n) is 2.52. The molecule has 68 valence electrons. The van der Waals surface area contributed by atoms with Crippen molar-refractivity contribution < 1.29 is 15.0 Å². The average Bonchev–Trinajstić information content (AvgIpc) is 2.16. The lowest BCUT2D eigenvalue weighted by Gasteiger charge is -1.98. The molecule has 3 nitrogen and oxygen atoms in total. The zero-order valence-electron chi connectivity index (χ0n) is 6.97. The Morgan fingerprint density at radius 3 is 2.77 bits per heavy atom. The van der Waals surface area contributed by atoms with Crippen LogP contribution in [0.4, 0.5) is 0 Å². The third-order valence-corrected chi connectivity index (χ3v) is 1.59. The van der Waals surface area contributed by atoms with E-state index in [1.807, 2.05) is 0 Å². The van der Waals surface area contributed by atoms with E-state index < -0.39 is 0 Å². The quantitative estimate of drug-likeness (QED) is 0.684. The van der Waals surface area contributed by atoms with Gasteiger partial charge >= 0.3 is 0 Å². The number of phenolic OH excluding ortho intramolecular Hbond substituents is 1. The van der Waals surface area contributed by atoms with Crippen LogP contribution in [0.5, 0.6) is 5.75 Å². The number of aldehydes is 1. The molecule has 0 aliphatic heterocycles. The predicted molar refractivity (Wildman–Crippen MR) is 49.6 cm³/mol. The van der Waals surface area contributed by atoms with Gasteiger partial charge in [-0.05, 0) is 17.7 Å². The summed E-state index contributed by atoms with van der Waals surface area (Å²) in [7, 11) is 0. The number of rotatable bonds is 3. The van der Waals surface area contributed by atoms with Crippen LogP contribution >= 0.6 is 0 Å². The summed E-state index contributed by atoms with van der Waals surface area (Å²) < 4.78 is 0. The van der Waals surface area contributed by atoms with Crippen molar-refractivity contribution >= 4 is 12.4 Å². The van der Waals surface area contributed by atoms with Gasteiger partial charge in [-0.3, -0.25) is 4.79 Å². The van der Waals surface area contributed by atoms with Gasteiger partial charge in [-0.1, -0.05) is 18.2 Å². The Labute approximate surface area is 76.0 Å². The first-order valence-corrected chi connectivity index (χ1v) is 3.83. The van der Waals surface area contributed by atoms with Crippen molar-refractivity contribution in [1.29, 1.82) is 0 Å². The number of aliphatic hydroxyl groups is 1. The van der Waals surface area contributed by atoms with Gasteiger partial charge in [-0.2, -0.15) is 0 Å². The van der Waals surface area contributed by atoms with Crippen molar-refractivity contribution in [3.05, 3.63) is 35.4 Å². The topological polar surface area (TPSA) is 57.5 Å². The second kappa shape index (κ2) is 4.42. The largest absolute Gasteiger partial charge is 0.507 e. The van der Waals surface area contributed by atoms with Gasteiger partial charge in [-0.25, -0.2) is 0 Å². The van der Waals surface area contributed by atoms with Crippen LogP contribution in [0.25, 0.3) is 6.08 Å². The fourth-order valence-corrected chi connectivity index (χ4v) is 0.960. The standard InChI is InChI=1S/C10H10O3/c11-5-1-2-8-3-4-10(13)9(6-8)7-12/h1-4,6-7,11,13H,5H2. The van der Waals surface area contributed by atoms with Crippen molar-refractivity contribution in [2.45, 2.75) is 0 Å². The fraction of sp³-hybridized carbons (Fsp3) is 0.100. The van der Waals surface area contributed by atoms with Gasteiger partial charge in [0.1, 0.15) is 5.75 Å². The average molecular weight is 178 g/mol. The van der Waals surface area contributed by atoms with Gasteiger partial charge in [0, 0.05) is 0 Å². The van der Waals surface area contributed by atoms with Gasteiger partial charge in [0.25, 0.3) is 0 Å². The maximum absolute atomic E-state index is 10.4. The van der Waals surface area contributed by atoms with Crippen LogP contribution in [-0.4, -0.2) is 23.1 Å². The number of phenols is 1. The van der Waals surface area contributed by atoms with Gasteiger partial charge in [-0.15, -0.1) is 0 Å². The van der Waals surface area contributed by atoms with Crippen LogP contribution < -0.4 is 0 Å². The van der Waals surface area contributed by atoms with Crippen molar-refractivity contribution in [3.8, 4) is 5.75 Å². The minimum Gasteiger partial charge on any atom is -0.507 e. The Kier molecular flexibility index (Phi) is 3.23. The lowest BCUT2D eigenvalue weighted by atomic mass is 10.1. The van der Waals surface area contributed by atoms with Crippen molar-refractivity contribution in [2.24, 2.45) is 0 Å². The Bertz CT molecular complexity index is 329. The monoisotopic (exact) mass is 178 g/mol. The maximum Gasteiger partial charge on any atom is 0.153 e. The van der Waals surface area contributed by atoms with Crippen LogP contribution in [0.2, 0.25) is 0 Å². The summed E-state index contributed by atoms with van der Waals surface area (Å²) in [6, 6.07) is 4.66. The molecule has 3 heteroatoms. The molecule has 0 amide bonds. The SMILES string of the molecule is O=Cc1cc(C=CCO)ccc1O. The fourth-order valence-electron chi connectivity index (χ4n) is 0.960. The number of carbonyl (C=O) groups is 1. The van der Waals surface area contributed by atoms with E-state index in [9.17, 15) is 4.79 Å². The smallest absolute Gasteiger partial charge is 0.153 e. The summed E-state index contributed by atoms with van der Waals surface area (Å²) in [6.07, 6.45) is 3.82. The highest BCUT2D eigenvalue weighted by Crippen LogP contribution is 2.16. The van der Waals surface area contributed by atoms with Crippen LogP contribution in [0.1, 0.15) is 15.9 Å². The molecule has 13 heavy (non-hydrogen) atoms.